The summed E-state index contributed by atoms with van der Waals surface area (Å²) in [6, 6.07) is 26.5. The van der Waals surface area contributed by atoms with Crippen LogP contribution in [-0.2, 0) is 9.59 Å². The summed E-state index contributed by atoms with van der Waals surface area (Å²) in [5.41, 5.74) is 6.18. The van der Waals surface area contributed by atoms with Gasteiger partial charge in [0.2, 0.25) is 0 Å². The number of rotatable bonds is 11. The van der Waals surface area contributed by atoms with Gasteiger partial charge in [-0.3, -0.25) is 9.59 Å². The molecule has 306 valence electrons. The number of likely N-dealkylation sites (tertiary alicyclic amines) is 2. The minimum absolute atomic E-state index is 0.300. The smallest absolute Gasteiger partial charge is 0.405 e. The van der Waals surface area contributed by atoms with E-state index in [4.69, 9.17) is 23.2 Å². The molecule has 2 aromatic heterocycles. The Morgan fingerprint density at radius 1 is 0.583 bits per heavy atom. The number of halogens is 2. The van der Waals surface area contributed by atoms with Gasteiger partial charge in [0, 0.05) is 34.3 Å². The molecule has 2 aliphatic rings. The highest BCUT2D eigenvalue weighted by Crippen LogP contribution is 2.37. The third kappa shape index (κ3) is 8.29. The summed E-state index contributed by atoms with van der Waals surface area (Å²) in [7, 11) is 0. The van der Waals surface area contributed by atoms with Gasteiger partial charge in [-0.05, 0) is 60.1 Å². The predicted octanol–water partition coefficient (Wildman–Crippen LogP) is 8.79. The average Bonchev–Trinajstić information content (AvgIpc) is 4.09. The fourth-order valence-electron chi connectivity index (χ4n) is 8.16. The summed E-state index contributed by atoms with van der Waals surface area (Å²) in [5, 5.41) is 24.4. The fraction of sp³-hybridized carbons (Fsp3) is 0.227. The Morgan fingerprint density at radius 3 is 1.32 bits per heavy atom. The molecular formula is C44H40Cl2N8O6. The molecule has 60 heavy (non-hydrogen) atoms. The van der Waals surface area contributed by atoms with E-state index in [2.05, 4.69) is 30.6 Å². The van der Waals surface area contributed by atoms with Crippen LogP contribution >= 0.6 is 23.2 Å². The van der Waals surface area contributed by atoms with Gasteiger partial charge in [-0.2, -0.15) is 0 Å². The molecule has 2 fully saturated rings. The Labute approximate surface area is 354 Å². The van der Waals surface area contributed by atoms with E-state index >= 15 is 0 Å². The van der Waals surface area contributed by atoms with Crippen LogP contribution in [-0.4, -0.2) is 77.0 Å². The van der Waals surface area contributed by atoms with Crippen LogP contribution in [0.5, 0.6) is 0 Å². The summed E-state index contributed by atoms with van der Waals surface area (Å²) in [4.78, 5) is 70.4. The minimum atomic E-state index is -1.32. The summed E-state index contributed by atoms with van der Waals surface area (Å²) >= 11 is 12.8. The first-order valence-electron chi connectivity index (χ1n) is 19.5. The predicted molar refractivity (Wildman–Crippen MR) is 225 cm³/mol. The average molecular weight is 848 g/mol. The molecule has 6 aromatic rings. The van der Waals surface area contributed by atoms with Crippen molar-refractivity contribution >= 4 is 47.2 Å². The first-order chi connectivity index (χ1) is 29.0. The highest BCUT2D eigenvalue weighted by molar-refractivity contribution is 6.32. The van der Waals surface area contributed by atoms with Gasteiger partial charge in [-0.1, -0.05) is 108 Å². The van der Waals surface area contributed by atoms with Gasteiger partial charge in [-0.15, -0.1) is 0 Å². The summed E-state index contributed by atoms with van der Waals surface area (Å²) in [6.07, 6.45) is 3.66. The Bertz CT molecular complexity index is 2370. The molecule has 0 bridgehead atoms. The first kappa shape index (κ1) is 40.2. The molecule has 0 saturated carbocycles. The van der Waals surface area contributed by atoms with E-state index in [9.17, 15) is 29.4 Å². The number of imidazole rings is 2. The zero-order valence-electron chi connectivity index (χ0n) is 32.0. The van der Waals surface area contributed by atoms with E-state index in [1.54, 1.807) is 70.7 Å². The maximum Gasteiger partial charge on any atom is 0.405 e. The van der Waals surface area contributed by atoms with Crippen molar-refractivity contribution < 1.29 is 29.4 Å². The van der Waals surface area contributed by atoms with Crippen molar-refractivity contribution in [3.8, 4) is 33.6 Å². The lowest BCUT2D eigenvalue weighted by atomic mass is 10.0. The third-order valence-electron chi connectivity index (χ3n) is 11.1. The molecule has 4 atom stereocenters. The van der Waals surface area contributed by atoms with E-state index < -0.39 is 36.1 Å². The third-order valence-corrected chi connectivity index (χ3v) is 11.8. The number of benzene rings is 4. The highest BCUT2D eigenvalue weighted by Gasteiger charge is 2.39. The van der Waals surface area contributed by atoms with E-state index in [-0.39, 0.29) is 12.1 Å². The van der Waals surface area contributed by atoms with Crippen LogP contribution in [0.25, 0.3) is 33.6 Å². The number of aromatic nitrogens is 4. The van der Waals surface area contributed by atoms with Crippen LogP contribution in [0, 0.1) is 0 Å². The van der Waals surface area contributed by atoms with Gasteiger partial charge in [0.05, 0.1) is 35.9 Å². The van der Waals surface area contributed by atoms with E-state index in [0.29, 0.717) is 58.8 Å². The second-order valence-corrected chi connectivity index (χ2v) is 15.5. The lowest BCUT2D eigenvalue weighted by molar-refractivity contribution is -0.135. The first-order valence-corrected chi connectivity index (χ1v) is 20.2. The number of hydrogen-bond acceptors (Lipinski definition) is 6. The molecule has 6 N–H and O–H groups in total. The molecule has 0 aliphatic carbocycles. The summed E-state index contributed by atoms with van der Waals surface area (Å²) in [6.45, 7) is 0.910. The van der Waals surface area contributed by atoms with Crippen LogP contribution in [0.4, 0.5) is 9.59 Å². The molecule has 2 saturated heterocycles. The number of H-pyrrole nitrogens is 2. The summed E-state index contributed by atoms with van der Waals surface area (Å²) in [5.74, 6) is 0.457. The van der Waals surface area contributed by atoms with Gasteiger partial charge in [0.1, 0.15) is 23.7 Å². The monoisotopic (exact) mass is 846 g/mol. The molecule has 0 spiro atoms. The number of nitrogens with zero attached hydrogens (tertiary/aromatic N) is 4. The molecule has 0 radical (unpaired) electrons. The molecule has 4 amide bonds. The number of carbonyl (C=O) groups is 4. The van der Waals surface area contributed by atoms with Crippen LogP contribution in [0.2, 0.25) is 10.0 Å². The molecule has 2 unspecified atom stereocenters. The number of hydrogen-bond donors (Lipinski definition) is 6. The minimum Gasteiger partial charge on any atom is -0.465 e. The number of amides is 4. The lowest BCUT2D eigenvalue weighted by Gasteiger charge is -2.28. The molecule has 4 aromatic carbocycles. The topological polar surface area (TPSA) is 197 Å². The van der Waals surface area contributed by atoms with Crippen molar-refractivity contribution in [2.75, 3.05) is 13.1 Å². The normalized spacial score (nSPS) is 17.3. The standard InChI is InChI=1S/C44H40Cl2N8O6/c45-31-9-3-1-7-29(31)37(51-43(57)58)41(55)53-21-5-11-35(53)39-47-23-33(49-39)27-17-13-25(14-18-27)26-15-19-28(20-16-26)34-24-48-40(50-34)36-12-6-22-54(36)42(56)38(52-44(59)60)30-8-2-4-10-32(30)46/h1-4,7-10,13-20,23-24,35-38,51-52H,5-6,11-12,21-22H2,(H,47,49)(H,48,50)(H,57,58)(H,59,60)/t35-,36?,37+,38?/m0/s1. The maximum atomic E-state index is 13.8. The van der Waals surface area contributed by atoms with Crippen molar-refractivity contribution in [1.29, 1.82) is 0 Å². The van der Waals surface area contributed by atoms with E-state index in [1.165, 1.54) is 0 Å². The fourth-order valence-corrected chi connectivity index (χ4v) is 8.65. The number of carbonyl (C=O) groups excluding carboxylic acids is 2. The van der Waals surface area contributed by atoms with Gasteiger partial charge >= 0.3 is 12.2 Å². The van der Waals surface area contributed by atoms with E-state index in [1.807, 2.05) is 48.5 Å². The Balaban J connectivity index is 0.935. The van der Waals surface area contributed by atoms with Crippen molar-refractivity contribution in [2.24, 2.45) is 0 Å². The molecular weight excluding hydrogens is 807 g/mol. The Kier molecular flexibility index (Phi) is 11.6. The summed E-state index contributed by atoms with van der Waals surface area (Å²) < 4.78 is 0. The molecule has 2 aliphatic heterocycles. The van der Waals surface area contributed by atoms with E-state index in [0.717, 1.165) is 46.5 Å². The SMILES string of the molecule is O=C(O)NC(C(=O)N1CCCC1c1ncc(-c2ccc(-c3ccc(-c4cnc([C@@H]5CCCN5C(=O)[C@H](NC(=O)O)c5ccccc5Cl)[nH]4)cc3)cc2)[nH]1)c1ccccc1Cl. The highest BCUT2D eigenvalue weighted by atomic mass is 35.5. The van der Waals surface area contributed by atoms with Crippen molar-refractivity contribution in [2.45, 2.75) is 49.9 Å². The quantitative estimate of drug-likeness (QED) is 0.0744. The Morgan fingerprint density at radius 2 is 0.950 bits per heavy atom. The zero-order valence-corrected chi connectivity index (χ0v) is 33.5. The maximum absolute atomic E-state index is 13.8. The van der Waals surface area contributed by atoms with Crippen molar-refractivity contribution in [3.05, 3.63) is 142 Å². The zero-order chi connectivity index (χ0) is 41.9. The van der Waals surface area contributed by atoms with Crippen molar-refractivity contribution in [3.63, 3.8) is 0 Å². The molecule has 16 heteroatoms. The van der Waals surface area contributed by atoms with Crippen LogP contribution < -0.4 is 10.6 Å². The van der Waals surface area contributed by atoms with Gasteiger partial charge < -0.3 is 40.6 Å². The second kappa shape index (κ2) is 17.3. The van der Waals surface area contributed by atoms with Gasteiger partial charge in [0.25, 0.3) is 11.8 Å². The van der Waals surface area contributed by atoms with Crippen LogP contribution in [0.1, 0.15) is 72.6 Å². The van der Waals surface area contributed by atoms with Crippen LogP contribution in [0.15, 0.2) is 109 Å². The van der Waals surface area contributed by atoms with Crippen LogP contribution in [0.3, 0.4) is 0 Å². The molecule has 14 nitrogen and oxygen atoms in total. The lowest BCUT2D eigenvalue weighted by Crippen LogP contribution is -2.42. The number of nitrogens with one attached hydrogen (secondary N) is 4. The Hall–Kier alpha value is -6.64. The number of carboxylic acid groups (broad SMARTS) is 2. The largest absolute Gasteiger partial charge is 0.465 e. The molecule has 4 heterocycles. The number of aromatic amines is 2. The van der Waals surface area contributed by atoms with Gasteiger partial charge in [0.15, 0.2) is 0 Å². The second-order valence-electron chi connectivity index (χ2n) is 14.7. The van der Waals surface area contributed by atoms with Gasteiger partial charge in [-0.25, -0.2) is 19.6 Å². The molecule has 8 rings (SSSR count). The van der Waals surface area contributed by atoms with Crippen molar-refractivity contribution in [1.82, 2.24) is 40.4 Å².